The highest BCUT2D eigenvalue weighted by atomic mass is 15.2. The van der Waals surface area contributed by atoms with Crippen molar-refractivity contribution in [3.63, 3.8) is 0 Å². The topological polar surface area (TPSA) is 67.1 Å². The number of nitrogens with two attached hydrogens (primary N) is 1. The fraction of sp³-hybridized carbons (Fsp3) is 0.500. The van der Waals surface area contributed by atoms with Gasteiger partial charge < -0.3 is 16.0 Å². The standard InChI is InChI=1S/C8H13N5/c9-7-8(12-2-1-11-7)13-5-3-10-4-6-13/h1-2,10H,3-6H2,(H2,9,11). The Morgan fingerprint density at radius 2 is 1.92 bits per heavy atom. The number of anilines is 2. The molecule has 13 heavy (non-hydrogen) atoms. The summed E-state index contributed by atoms with van der Waals surface area (Å²) in [5.41, 5.74) is 5.72. The molecule has 0 saturated carbocycles. The summed E-state index contributed by atoms with van der Waals surface area (Å²) in [6.45, 7) is 3.86. The Bertz CT molecular complexity index is 282. The SMILES string of the molecule is Nc1nccnc1N1CCNCC1. The Balaban J connectivity index is 2.18. The highest BCUT2D eigenvalue weighted by molar-refractivity contribution is 5.57. The van der Waals surface area contributed by atoms with Gasteiger partial charge in [-0.1, -0.05) is 0 Å². The number of nitrogen functional groups attached to an aromatic ring is 1. The van der Waals surface area contributed by atoms with Crippen molar-refractivity contribution in [2.24, 2.45) is 0 Å². The van der Waals surface area contributed by atoms with Crippen LogP contribution in [0.15, 0.2) is 12.4 Å². The van der Waals surface area contributed by atoms with E-state index in [1.807, 2.05) is 0 Å². The molecule has 5 heteroatoms. The van der Waals surface area contributed by atoms with E-state index in [1.165, 1.54) is 0 Å². The molecule has 1 saturated heterocycles. The minimum absolute atomic E-state index is 0.518. The van der Waals surface area contributed by atoms with Crippen LogP contribution in [0.3, 0.4) is 0 Å². The van der Waals surface area contributed by atoms with E-state index in [2.05, 4.69) is 20.2 Å². The first kappa shape index (κ1) is 8.25. The molecular weight excluding hydrogens is 166 g/mol. The molecule has 0 bridgehead atoms. The van der Waals surface area contributed by atoms with E-state index in [9.17, 15) is 0 Å². The Morgan fingerprint density at radius 3 is 2.62 bits per heavy atom. The lowest BCUT2D eigenvalue weighted by molar-refractivity contribution is 0.585. The van der Waals surface area contributed by atoms with Gasteiger partial charge in [0.05, 0.1) is 0 Å². The summed E-state index contributed by atoms with van der Waals surface area (Å²) in [6.07, 6.45) is 3.29. The molecule has 2 rings (SSSR count). The van der Waals surface area contributed by atoms with Crippen molar-refractivity contribution in [1.29, 1.82) is 0 Å². The van der Waals surface area contributed by atoms with E-state index in [1.54, 1.807) is 12.4 Å². The number of piperazine rings is 1. The quantitative estimate of drug-likeness (QED) is 0.606. The van der Waals surface area contributed by atoms with E-state index < -0.39 is 0 Å². The molecule has 1 aliphatic rings. The maximum Gasteiger partial charge on any atom is 0.171 e. The van der Waals surface area contributed by atoms with Crippen molar-refractivity contribution in [2.45, 2.75) is 0 Å². The molecule has 0 aromatic carbocycles. The van der Waals surface area contributed by atoms with E-state index in [-0.39, 0.29) is 0 Å². The van der Waals surface area contributed by atoms with Crippen LogP contribution in [0, 0.1) is 0 Å². The van der Waals surface area contributed by atoms with Gasteiger partial charge in [0.25, 0.3) is 0 Å². The third-order valence-corrected chi connectivity index (χ3v) is 2.12. The summed E-state index contributed by atoms with van der Waals surface area (Å²) < 4.78 is 0. The molecule has 0 unspecified atom stereocenters. The number of hydrogen-bond donors (Lipinski definition) is 2. The lowest BCUT2D eigenvalue weighted by Gasteiger charge is -2.28. The van der Waals surface area contributed by atoms with Crippen LogP contribution in [0.5, 0.6) is 0 Å². The van der Waals surface area contributed by atoms with Crippen molar-refractivity contribution in [3.05, 3.63) is 12.4 Å². The molecule has 0 radical (unpaired) electrons. The van der Waals surface area contributed by atoms with Crippen LogP contribution >= 0.6 is 0 Å². The zero-order valence-electron chi connectivity index (χ0n) is 7.40. The van der Waals surface area contributed by atoms with Gasteiger partial charge in [-0.05, 0) is 0 Å². The van der Waals surface area contributed by atoms with Crippen molar-refractivity contribution < 1.29 is 0 Å². The summed E-state index contributed by atoms with van der Waals surface area (Å²) in [5, 5.41) is 3.27. The molecule has 0 amide bonds. The van der Waals surface area contributed by atoms with Crippen LogP contribution < -0.4 is 16.0 Å². The highest BCUT2D eigenvalue weighted by Crippen LogP contribution is 2.16. The Kier molecular flexibility index (Phi) is 2.27. The third kappa shape index (κ3) is 1.70. The minimum atomic E-state index is 0.518. The van der Waals surface area contributed by atoms with Crippen LogP contribution in [0.2, 0.25) is 0 Å². The maximum absolute atomic E-state index is 5.72. The van der Waals surface area contributed by atoms with Crippen LogP contribution in [-0.2, 0) is 0 Å². The molecule has 1 aliphatic heterocycles. The first-order valence-electron chi connectivity index (χ1n) is 4.40. The predicted molar refractivity (Wildman–Crippen MR) is 51.5 cm³/mol. The van der Waals surface area contributed by atoms with Gasteiger partial charge in [-0.15, -0.1) is 0 Å². The smallest absolute Gasteiger partial charge is 0.171 e. The summed E-state index contributed by atoms with van der Waals surface area (Å²) in [4.78, 5) is 10.4. The molecule has 1 aromatic heterocycles. The predicted octanol–water partition coefficient (Wildman–Crippen LogP) is -0.532. The second kappa shape index (κ2) is 3.57. The van der Waals surface area contributed by atoms with E-state index in [0.29, 0.717) is 5.82 Å². The molecule has 0 spiro atoms. The second-order valence-corrected chi connectivity index (χ2v) is 3.00. The molecule has 5 nitrogen and oxygen atoms in total. The third-order valence-electron chi connectivity index (χ3n) is 2.12. The van der Waals surface area contributed by atoms with Crippen LogP contribution in [0.25, 0.3) is 0 Å². The van der Waals surface area contributed by atoms with Crippen molar-refractivity contribution in [3.8, 4) is 0 Å². The van der Waals surface area contributed by atoms with Gasteiger partial charge in [0.1, 0.15) is 0 Å². The molecule has 2 heterocycles. The fourth-order valence-electron chi connectivity index (χ4n) is 1.46. The minimum Gasteiger partial charge on any atom is -0.381 e. The van der Waals surface area contributed by atoms with Crippen molar-refractivity contribution >= 4 is 11.6 Å². The second-order valence-electron chi connectivity index (χ2n) is 3.00. The summed E-state index contributed by atoms with van der Waals surface area (Å²) in [7, 11) is 0. The molecule has 3 N–H and O–H groups in total. The van der Waals surface area contributed by atoms with Gasteiger partial charge >= 0.3 is 0 Å². The van der Waals surface area contributed by atoms with Gasteiger partial charge in [-0.25, -0.2) is 9.97 Å². The monoisotopic (exact) mass is 179 g/mol. The number of rotatable bonds is 1. The summed E-state index contributed by atoms with van der Waals surface area (Å²) >= 11 is 0. The van der Waals surface area contributed by atoms with Crippen LogP contribution in [0.4, 0.5) is 11.6 Å². The number of aromatic nitrogens is 2. The van der Waals surface area contributed by atoms with Crippen LogP contribution in [0.1, 0.15) is 0 Å². The summed E-state index contributed by atoms with van der Waals surface area (Å²) in [6, 6.07) is 0. The molecule has 70 valence electrons. The highest BCUT2D eigenvalue weighted by Gasteiger charge is 2.13. The number of nitrogens with zero attached hydrogens (tertiary/aromatic N) is 3. The van der Waals surface area contributed by atoms with Crippen molar-refractivity contribution in [2.75, 3.05) is 36.8 Å². The lowest BCUT2D eigenvalue weighted by Crippen LogP contribution is -2.44. The Morgan fingerprint density at radius 1 is 1.23 bits per heavy atom. The Labute approximate surface area is 77.0 Å². The summed E-state index contributed by atoms with van der Waals surface area (Å²) in [5.74, 6) is 1.33. The largest absolute Gasteiger partial charge is 0.381 e. The average molecular weight is 179 g/mol. The average Bonchev–Trinajstić information content (AvgIpc) is 2.20. The fourth-order valence-corrected chi connectivity index (χ4v) is 1.46. The molecular formula is C8H13N5. The normalized spacial score (nSPS) is 17.4. The number of nitrogens with one attached hydrogen (secondary N) is 1. The molecule has 0 aliphatic carbocycles. The maximum atomic E-state index is 5.72. The van der Waals surface area contributed by atoms with Gasteiger partial charge in [0.2, 0.25) is 0 Å². The molecule has 0 atom stereocenters. The Hall–Kier alpha value is -1.36. The number of hydrogen-bond acceptors (Lipinski definition) is 5. The van der Waals surface area contributed by atoms with Gasteiger partial charge in [-0.2, -0.15) is 0 Å². The van der Waals surface area contributed by atoms with E-state index >= 15 is 0 Å². The zero-order chi connectivity index (χ0) is 9.10. The van der Waals surface area contributed by atoms with E-state index in [4.69, 9.17) is 5.73 Å². The molecule has 1 aromatic rings. The first-order valence-corrected chi connectivity index (χ1v) is 4.40. The lowest BCUT2D eigenvalue weighted by atomic mass is 10.3. The zero-order valence-corrected chi connectivity index (χ0v) is 7.40. The van der Waals surface area contributed by atoms with Crippen LogP contribution in [-0.4, -0.2) is 36.1 Å². The molecule has 1 fully saturated rings. The first-order chi connectivity index (χ1) is 6.38. The van der Waals surface area contributed by atoms with Gasteiger partial charge in [-0.3, -0.25) is 0 Å². The van der Waals surface area contributed by atoms with Crippen molar-refractivity contribution in [1.82, 2.24) is 15.3 Å². The van der Waals surface area contributed by atoms with Gasteiger partial charge in [0.15, 0.2) is 11.6 Å². The van der Waals surface area contributed by atoms with E-state index in [0.717, 1.165) is 32.0 Å². The van der Waals surface area contributed by atoms with Gasteiger partial charge in [0, 0.05) is 38.6 Å².